The van der Waals surface area contributed by atoms with Gasteiger partial charge in [-0.05, 0) is 41.6 Å². The zero-order valence-electron chi connectivity index (χ0n) is 12.6. The highest BCUT2D eigenvalue weighted by atomic mass is 16.3. The van der Waals surface area contributed by atoms with E-state index in [1.165, 1.54) is 0 Å². The maximum atomic E-state index is 12.4. The second-order valence-corrected chi connectivity index (χ2v) is 5.38. The number of fused-ring (bicyclic) bond motifs is 1. The largest absolute Gasteiger partial charge is 0.392 e. The van der Waals surface area contributed by atoms with Crippen LogP contribution in [-0.2, 0) is 11.4 Å². The average molecular weight is 305 g/mol. The number of aliphatic hydroxyl groups is 1. The van der Waals surface area contributed by atoms with Gasteiger partial charge in [-0.25, -0.2) is 0 Å². The molecule has 0 unspecified atom stereocenters. The third-order valence-corrected chi connectivity index (χ3v) is 3.79. The Labute approximate surface area is 134 Å². The molecule has 1 atom stereocenters. The second kappa shape index (κ2) is 6.58. The van der Waals surface area contributed by atoms with E-state index in [2.05, 4.69) is 17.2 Å². The van der Waals surface area contributed by atoms with Gasteiger partial charge in [0.15, 0.2) is 0 Å². The van der Waals surface area contributed by atoms with E-state index in [1.807, 2.05) is 36.4 Å². The van der Waals surface area contributed by atoms with Gasteiger partial charge < -0.3 is 10.4 Å². The van der Waals surface area contributed by atoms with Gasteiger partial charge in [0.05, 0.1) is 12.5 Å². The van der Waals surface area contributed by atoms with E-state index in [9.17, 15) is 4.79 Å². The Morgan fingerprint density at radius 1 is 1.13 bits per heavy atom. The number of hydrogen-bond donors (Lipinski definition) is 2. The van der Waals surface area contributed by atoms with Crippen LogP contribution in [0, 0.1) is 6.92 Å². The van der Waals surface area contributed by atoms with E-state index >= 15 is 0 Å². The molecule has 4 heteroatoms. The summed E-state index contributed by atoms with van der Waals surface area (Å²) in [5.41, 5.74) is 2.35. The predicted octanol–water partition coefficient (Wildman–Crippen LogP) is 3.28. The number of benzene rings is 2. The van der Waals surface area contributed by atoms with Crippen molar-refractivity contribution < 1.29 is 9.90 Å². The number of amides is 1. The van der Waals surface area contributed by atoms with E-state index in [1.54, 1.807) is 24.5 Å². The molecule has 0 aliphatic rings. The fourth-order valence-corrected chi connectivity index (χ4v) is 2.40. The molecule has 0 fully saturated rings. The lowest BCUT2D eigenvalue weighted by molar-refractivity contribution is -0.116. The van der Waals surface area contributed by atoms with Crippen LogP contribution < -0.4 is 5.32 Å². The Morgan fingerprint density at radius 3 is 2.65 bits per heavy atom. The first-order chi connectivity index (χ1) is 11.2. The number of aromatic nitrogens is 1. The van der Waals surface area contributed by atoms with Gasteiger partial charge in [-0.3, -0.25) is 9.78 Å². The number of carbonyl (C=O) groups is 1. The van der Waals surface area contributed by atoms with Crippen LogP contribution in [0.5, 0.6) is 0 Å². The fraction of sp³-hybridized carbons (Fsp3) is 0.105. The third-order valence-electron chi connectivity index (χ3n) is 3.79. The molecule has 1 aromatic heterocycles. The topological polar surface area (TPSA) is 62.2 Å². The van der Waals surface area contributed by atoms with Crippen LogP contribution in [0.15, 0.2) is 60.9 Å². The van der Waals surface area contributed by atoms with Crippen LogP contribution in [0.4, 0.5) is 5.69 Å². The van der Waals surface area contributed by atoms with E-state index in [0.29, 0.717) is 0 Å². The van der Waals surface area contributed by atoms with Crippen LogP contribution >= 0.6 is 0 Å². The van der Waals surface area contributed by atoms with E-state index < -0.39 is 5.92 Å². The maximum absolute atomic E-state index is 12.4. The lowest BCUT2D eigenvalue weighted by Crippen LogP contribution is -2.19. The van der Waals surface area contributed by atoms with Gasteiger partial charge in [-0.1, -0.05) is 30.3 Å². The summed E-state index contributed by atoms with van der Waals surface area (Å²) in [6.45, 7) is 3.92. The van der Waals surface area contributed by atoms with Crippen molar-refractivity contribution in [1.82, 2.24) is 4.98 Å². The van der Waals surface area contributed by atoms with Crippen LogP contribution in [0.3, 0.4) is 0 Å². The van der Waals surface area contributed by atoms with E-state index in [4.69, 9.17) is 5.11 Å². The molecule has 1 amide bonds. The molecule has 0 saturated carbocycles. The zero-order chi connectivity index (χ0) is 16.2. The summed E-state index contributed by atoms with van der Waals surface area (Å²) in [5, 5.41) is 14.0. The Bertz CT molecular complexity index is 828. The summed E-state index contributed by atoms with van der Waals surface area (Å²) in [6, 6.07) is 14.8. The Hall–Kier alpha value is -2.72. The molecule has 0 aliphatic carbocycles. The molecule has 115 valence electrons. The number of anilines is 1. The van der Waals surface area contributed by atoms with E-state index in [0.717, 1.165) is 27.6 Å². The number of nitrogens with zero attached hydrogens (tertiary/aromatic N) is 1. The van der Waals surface area contributed by atoms with Crippen molar-refractivity contribution in [2.24, 2.45) is 0 Å². The number of hydrogen-bond acceptors (Lipinski definition) is 3. The lowest BCUT2D eigenvalue weighted by Gasteiger charge is -2.13. The summed E-state index contributed by atoms with van der Waals surface area (Å²) in [7, 11) is 0. The molecule has 0 saturated heterocycles. The normalized spacial score (nSPS) is 12.1. The molecule has 3 aromatic rings. The van der Waals surface area contributed by atoms with Gasteiger partial charge in [0, 0.05) is 23.5 Å². The Morgan fingerprint density at radius 2 is 1.91 bits per heavy atom. The summed E-state index contributed by atoms with van der Waals surface area (Å²) in [5.74, 6) is -0.689. The summed E-state index contributed by atoms with van der Waals surface area (Å²) in [6.07, 6.45) is 3.51. The fourth-order valence-electron chi connectivity index (χ4n) is 2.40. The van der Waals surface area contributed by atoms with Gasteiger partial charge in [0.2, 0.25) is 5.91 Å². The van der Waals surface area contributed by atoms with Crippen LogP contribution in [0.2, 0.25) is 0 Å². The minimum absolute atomic E-state index is 0.0137. The Kier molecular flexibility index (Phi) is 4.35. The van der Waals surface area contributed by atoms with Crippen molar-refractivity contribution in [3.05, 3.63) is 79.0 Å². The van der Waals surface area contributed by atoms with Crippen molar-refractivity contribution in [3.8, 4) is 0 Å². The molecule has 3 rings (SSSR count). The molecular formula is C19H17N2O2. The number of nitrogens with one attached hydrogen (secondary N) is 1. The number of pyridine rings is 1. The maximum Gasteiger partial charge on any atom is 0.231 e. The summed E-state index contributed by atoms with van der Waals surface area (Å²) >= 11 is 0. The molecule has 2 N–H and O–H groups in total. The first kappa shape index (κ1) is 15.2. The number of rotatable bonds is 4. The quantitative estimate of drug-likeness (QED) is 0.777. The second-order valence-electron chi connectivity index (χ2n) is 5.38. The van der Waals surface area contributed by atoms with Crippen molar-refractivity contribution >= 4 is 22.4 Å². The highest BCUT2D eigenvalue weighted by molar-refractivity contribution is 5.98. The minimum atomic E-state index is -0.518. The first-order valence-electron chi connectivity index (χ1n) is 7.35. The third kappa shape index (κ3) is 3.38. The van der Waals surface area contributed by atoms with E-state index in [-0.39, 0.29) is 12.5 Å². The summed E-state index contributed by atoms with van der Waals surface area (Å²) in [4.78, 5) is 16.4. The number of aliphatic hydroxyl groups excluding tert-OH is 1. The molecule has 4 nitrogen and oxygen atoms in total. The minimum Gasteiger partial charge on any atom is -0.392 e. The highest BCUT2D eigenvalue weighted by Gasteiger charge is 2.15. The number of carbonyl (C=O) groups excluding carboxylic acids is 1. The predicted molar refractivity (Wildman–Crippen MR) is 90.8 cm³/mol. The molecule has 1 radical (unpaired) electrons. The summed E-state index contributed by atoms with van der Waals surface area (Å²) < 4.78 is 0. The molecule has 1 heterocycles. The van der Waals surface area contributed by atoms with Gasteiger partial charge in [0.1, 0.15) is 0 Å². The van der Waals surface area contributed by atoms with Gasteiger partial charge in [0.25, 0.3) is 0 Å². The average Bonchev–Trinajstić information content (AvgIpc) is 2.61. The SMILES string of the molecule is [CH2][C@H](C(=O)Nc1ccc2cnccc2c1)c1ccc(CO)cc1. The van der Waals surface area contributed by atoms with Gasteiger partial charge >= 0.3 is 0 Å². The molecule has 2 aromatic carbocycles. The standard InChI is InChI=1S/C19H17N2O2/c1-13(15-4-2-14(12-22)3-5-15)19(23)21-18-7-6-17-11-20-9-8-16(17)10-18/h2-11,13,22H,1,12H2,(H,21,23)/t13-/m0/s1. The monoisotopic (exact) mass is 305 g/mol. The first-order valence-corrected chi connectivity index (χ1v) is 7.35. The molecule has 0 aliphatic heterocycles. The van der Waals surface area contributed by atoms with Gasteiger partial charge in [-0.2, -0.15) is 0 Å². The zero-order valence-corrected chi connectivity index (χ0v) is 12.6. The van der Waals surface area contributed by atoms with Crippen molar-refractivity contribution in [3.63, 3.8) is 0 Å². The molecule has 23 heavy (non-hydrogen) atoms. The van der Waals surface area contributed by atoms with Crippen LogP contribution in [0.1, 0.15) is 17.0 Å². The molecular weight excluding hydrogens is 288 g/mol. The molecule has 0 spiro atoms. The smallest absolute Gasteiger partial charge is 0.231 e. The van der Waals surface area contributed by atoms with Crippen LogP contribution in [0.25, 0.3) is 10.8 Å². The Balaban J connectivity index is 1.76. The van der Waals surface area contributed by atoms with Crippen molar-refractivity contribution in [1.29, 1.82) is 0 Å². The van der Waals surface area contributed by atoms with Crippen LogP contribution in [-0.4, -0.2) is 16.0 Å². The van der Waals surface area contributed by atoms with Gasteiger partial charge in [-0.15, -0.1) is 0 Å². The molecule has 0 bridgehead atoms. The highest BCUT2D eigenvalue weighted by Crippen LogP contribution is 2.21. The van der Waals surface area contributed by atoms with Crippen molar-refractivity contribution in [2.45, 2.75) is 12.5 Å². The lowest BCUT2D eigenvalue weighted by atomic mass is 9.99. The van der Waals surface area contributed by atoms with Crippen molar-refractivity contribution in [2.75, 3.05) is 5.32 Å².